The number of hydrogen-bond acceptors (Lipinski definition) is 6. The van der Waals surface area contributed by atoms with Gasteiger partial charge in [0.1, 0.15) is 11.6 Å². The molecule has 5 rings (SSSR count). The molecule has 2 atom stereocenters. The first-order chi connectivity index (χ1) is 19.1. The number of aromatic nitrogens is 4. The Morgan fingerprint density at radius 3 is 2.48 bits per heavy atom. The van der Waals surface area contributed by atoms with Crippen molar-refractivity contribution in [3.8, 4) is 22.4 Å². The fourth-order valence-corrected chi connectivity index (χ4v) is 5.78. The highest BCUT2D eigenvalue weighted by molar-refractivity contribution is 5.92. The van der Waals surface area contributed by atoms with E-state index in [0.717, 1.165) is 50.6 Å². The van der Waals surface area contributed by atoms with E-state index in [1.165, 1.54) is 0 Å². The molecule has 1 fully saturated rings. The van der Waals surface area contributed by atoms with Crippen molar-refractivity contribution >= 4 is 23.2 Å². The van der Waals surface area contributed by atoms with Crippen LogP contribution in [0, 0.1) is 33.6 Å². The number of nitrogens with zero attached hydrogens (tertiary/aromatic N) is 5. The van der Waals surface area contributed by atoms with Crippen molar-refractivity contribution in [1.29, 1.82) is 0 Å². The van der Waals surface area contributed by atoms with Gasteiger partial charge in [0, 0.05) is 51.4 Å². The smallest absolute Gasteiger partial charge is 0.224 e. The molecule has 2 aromatic carbocycles. The quantitative estimate of drug-likeness (QED) is 0.305. The Hall–Kier alpha value is -4.33. The first-order valence-corrected chi connectivity index (χ1v) is 13.7. The molecule has 8 nitrogen and oxygen atoms in total. The van der Waals surface area contributed by atoms with Gasteiger partial charge >= 0.3 is 0 Å². The number of carbonyl (C=O) groups is 2. The van der Waals surface area contributed by atoms with Crippen LogP contribution >= 0.6 is 0 Å². The maximum absolute atomic E-state index is 13.1. The van der Waals surface area contributed by atoms with Crippen LogP contribution in [0.1, 0.15) is 45.1 Å². The summed E-state index contributed by atoms with van der Waals surface area (Å²) in [6.07, 6.45) is 4.76. The standard InChI is InChI=1S/C32H36N6O2.2H2/c1-19-9-7-8-10-28(19)31-21(3)32(35-23(5)34-31)38-17-24(14-29(38)22(4)39)15-30(40)36-26-11-12-27(20(2)13-26)25-16-33-37(6)18-25;;/h7-13,16,18,24,29H,14-15,17H2,1-6H3,(H,36,40);2*1H/t24-,29+;;/m1../s1. The zero-order chi connectivity index (χ0) is 28.6. The van der Waals surface area contributed by atoms with Crippen LogP contribution in [0.5, 0.6) is 0 Å². The molecule has 0 saturated carbocycles. The Morgan fingerprint density at radius 1 is 1.02 bits per heavy atom. The number of amides is 1. The van der Waals surface area contributed by atoms with Crippen LogP contribution in [0.3, 0.4) is 0 Å². The fourth-order valence-electron chi connectivity index (χ4n) is 5.78. The Bertz CT molecular complexity index is 1600. The van der Waals surface area contributed by atoms with Gasteiger partial charge in [-0.1, -0.05) is 30.3 Å². The molecule has 3 heterocycles. The van der Waals surface area contributed by atoms with Crippen molar-refractivity contribution in [1.82, 2.24) is 19.7 Å². The molecule has 8 heteroatoms. The highest BCUT2D eigenvalue weighted by Crippen LogP contribution is 2.36. The van der Waals surface area contributed by atoms with E-state index >= 15 is 0 Å². The first kappa shape index (κ1) is 27.2. The van der Waals surface area contributed by atoms with Crippen molar-refractivity contribution in [3.05, 3.63) is 77.4 Å². The molecule has 210 valence electrons. The molecule has 4 aromatic rings. The highest BCUT2D eigenvalue weighted by Gasteiger charge is 2.38. The molecule has 0 unspecified atom stereocenters. The normalized spacial score (nSPS) is 16.8. The van der Waals surface area contributed by atoms with Gasteiger partial charge in [-0.3, -0.25) is 14.3 Å². The van der Waals surface area contributed by atoms with Crippen molar-refractivity contribution in [2.45, 2.75) is 53.5 Å². The van der Waals surface area contributed by atoms with E-state index < -0.39 is 0 Å². The minimum atomic E-state index is -0.323. The molecule has 2 aromatic heterocycles. The maximum atomic E-state index is 13.1. The number of Topliss-reactive ketones (excluding diaryl/α,β-unsaturated/α-hetero) is 1. The fraction of sp³-hybridized carbons (Fsp3) is 0.344. The minimum Gasteiger partial charge on any atom is -0.346 e. The van der Waals surface area contributed by atoms with Crippen LogP contribution in [-0.4, -0.2) is 44.0 Å². The van der Waals surface area contributed by atoms with Gasteiger partial charge in [-0.2, -0.15) is 5.10 Å². The zero-order valence-electron chi connectivity index (χ0n) is 24.0. The van der Waals surface area contributed by atoms with Crippen molar-refractivity contribution in [2.24, 2.45) is 13.0 Å². The van der Waals surface area contributed by atoms with E-state index in [1.54, 1.807) is 11.6 Å². The number of anilines is 2. The number of ketones is 1. The van der Waals surface area contributed by atoms with E-state index in [1.807, 2.05) is 70.5 Å². The SMILES string of the molecule is CC(=O)[C@@H]1C[C@H](CC(=O)Nc2ccc(-c3cnn(C)c3)c(C)c2)CN1c1nc(C)nc(-c2ccccc2C)c1C.[HH].[HH]. The van der Waals surface area contributed by atoms with Crippen LogP contribution in [-0.2, 0) is 16.6 Å². The van der Waals surface area contributed by atoms with Gasteiger partial charge in [0.25, 0.3) is 0 Å². The molecule has 1 N–H and O–H groups in total. The molecule has 40 heavy (non-hydrogen) atoms. The highest BCUT2D eigenvalue weighted by atomic mass is 16.1. The van der Waals surface area contributed by atoms with E-state index in [4.69, 9.17) is 9.97 Å². The summed E-state index contributed by atoms with van der Waals surface area (Å²) >= 11 is 0. The maximum Gasteiger partial charge on any atom is 0.224 e. The minimum absolute atomic E-state index is 0. The van der Waals surface area contributed by atoms with Gasteiger partial charge < -0.3 is 10.2 Å². The van der Waals surface area contributed by atoms with Gasteiger partial charge in [-0.25, -0.2) is 9.97 Å². The van der Waals surface area contributed by atoms with Crippen molar-refractivity contribution in [3.63, 3.8) is 0 Å². The zero-order valence-corrected chi connectivity index (χ0v) is 24.0. The van der Waals surface area contributed by atoms with Crippen LogP contribution in [0.15, 0.2) is 54.9 Å². The second-order valence-electron chi connectivity index (χ2n) is 10.9. The third-order valence-corrected chi connectivity index (χ3v) is 7.76. The summed E-state index contributed by atoms with van der Waals surface area (Å²) < 4.78 is 1.78. The molecule has 0 bridgehead atoms. The van der Waals surface area contributed by atoms with Gasteiger partial charge in [-0.05, 0) is 75.8 Å². The summed E-state index contributed by atoms with van der Waals surface area (Å²) in [5.41, 5.74) is 7.98. The van der Waals surface area contributed by atoms with E-state index in [9.17, 15) is 9.59 Å². The molecule has 1 saturated heterocycles. The number of nitrogens with one attached hydrogen (secondary N) is 1. The molecule has 0 spiro atoms. The summed E-state index contributed by atoms with van der Waals surface area (Å²) in [7, 11) is 1.89. The van der Waals surface area contributed by atoms with Crippen LogP contribution < -0.4 is 10.2 Å². The number of hydrogen-bond donors (Lipinski definition) is 1. The van der Waals surface area contributed by atoms with E-state index in [-0.39, 0.29) is 26.5 Å². The summed E-state index contributed by atoms with van der Waals surface area (Å²) in [6.45, 7) is 10.2. The van der Waals surface area contributed by atoms with Crippen LogP contribution in [0.2, 0.25) is 0 Å². The average molecular weight is 541 g/mol. The van der Waals surface area contributed by atoms with Crippen molar-refractivity contribution in [2.75, 3.05) is 16.8 Å². The molecule has 1 amide bonds. The van der Waals surface area contributed by atoms with Gasteiger partial charge in [-0.15, -0.1) is 0 Å². The molecular formula is C32H40N6O2. The summed E-state index contributed by atoms with van der Waals surface area (Å²) in [5, 5.41) is 7.31. The third-order valence-electron chi connectivity index (χ3n) is 7.76. The number of benzene rings is 2. The number of carbonyl (C=O) groups excluding carboxylic acids is 2. The Balaban J connectivity index is 0.00000242. The first-order valence-electron chi connectivity index (χ1n) is 13.7. The summed E-state index contributed by atoms with van der Waals surface area (Å²) in [5.74, 6) is 1.49. The lowest BCUT2D eigenvalue weighted by molar-refractivity contribution is -0.119. The van der Waals surface area contributed by atoms with Crippen LogP contribution in [0.4, 0.5) is 11.5 Å². The summed E-state index contributed by atoms with van der Waals surface area (Å²) in [4.78, 5) is 37.5. The third kappa shape index (κ3) is 5.52. The predicted octanol–water partition coefficient (Wildman–Crippen LogP) is 6.08. The molecule has 1 aliphatic heterocycles. The number of rotatable bonds is 7. The Morgan fingerprint density at radius 2 is 1.80 bits per heavy atom. The Labute approximate surface area is 238 Å². The van der Waals surface area contributed by atoms with Crippen LogP contribution in [0.25, 0.3) is 22.4 Å². The van der Waals surface area contributed by atoms with Crippen molar-refractivity contribution < 1.29 is 12.4 Å². The average Bonchev–Trinajstić information content (AvgIpc) is 3.52. The lowest BCUT2D eigenvalue weighted by Crippen LogP contribution is -2.36. The topological polar surface area (TPSA) is 93.0 Å². The van der Waals surface area contributed by atoms with Gasteiger partial charge in [0.2, 0.25) is 5.91 Å². The molecule has 0 aliphatic carbocycles. The largest absolute Gasteiger partial charge is 0.346 e. The second-order valence-corrected chi connectivity index (χ2v) is 10.9. The monoisotopic (exact) mass is 540 g/mol. The lowest BCUT2D eigenvalue weighted by atomic mass is 9.99. The second kappa shape index (κ2) is 11.0. The lowest BCUT2D eigenvalue weighted by Gasteiger charge is -2.26. The molecule has 1 aliphatic rings. The van der Waals surface area contributed by atoms with Gasteiger partial charge in [0.05, 0.1) is 17.9 Å². The van der Waals surface area contributed by atoms with E-state index in [0.29, 0.717) is 25.2 Å². The van der Waals surface area contributed by atoms with Gasteiger partial charge in [0.15, 0.2) is 5.78 Å². The predicted molar refractivity (Wildman–Crippen MR) is 162 cm³/mol. The van der Waals surface area contributed by atoms with E-state index in [2.05, 4.69) is 34.4 Å². The Kier molecular flexibility index (Phi) is 7.52. The molecular weight excluding hydrogens is 500 g/mol. The number of aryl methyl sites for hydroxylation is 4. The molecule has 0 radical (unpaired) electrons. The summed E-state index contributed by atoms with van der Waals surface area (Å²) in [6, 6.07) is 13.8.